The molecule has 5 heteroatoms. The van der Waals surface area contributed by atoms with Gasteiger partial charge in [0.25, 0.3) is 0 Å². The molecule has 0 saturated carbocycles. The topological polar surface area (TPSA) is 63.6 Å². The van der Waals surface area contributed by atoms with Crippen molar-refractivity contribution in [1.29, 1.82) is 0 Å². The van der Waals surface area contributed by atoms with Crippen LogP contribution in [0.3, 0.4) is 0 Å². The van der Waals surface area contributed by atoms with Gasteiger partial charge in [0, 0.05) is 5.75 Å². The van der Waals surface area contributed by atoms with Crippen molar-refractivity contribution in [2.75, 3.05) is 5.75 Å². The lowest BCUT2D eigenvalue weighted by Gasteiger charge is -2.01. The average molecular weight is 234 g/mol. The number of carboxylic acids is 1. The molecule has 0 saturated heterocycles. The molecule has 4 nitrogen and oxygen atoms in total. The number of carboxylic acid groups (broad SMARTS) is 1. The summed E-state index contributed by atoms with van der Waals surface area (Å²) in [4.78, 5) is 21.1. The average Bonchev–Trinajstić information content (AvgIpc) is 2.20. The van der Waals surface area contributed by atoms with Crippen LogP contribution in [-0.4, -0.2) is 22.8 Å². The van der Waals surface area contributed by atoms with E-state index < -0.39 is 11.9 Å². The van der Waals surface area contributed by atoms with Gasteiger partial charge < -0.3 is 9.29 Å². The summed E-state index contributed by atoms with van der Waals surface area (Å²) in [5.41, 5.74) is 0. The molecule has 1 N–H and O–H groups in total. The first-order valence-electron chi connectivity index (χ1n) is 5.21. The molecule has 0 fully saturated rings. The summed E-state index contributed by atoms with van der Waals surface area (Å²) in [5.74, 6) is -0.628. The summed E-state index contributed by atoms with van der Waals surface area (Å²) >= 11 is 1.12. The Labute approximate surface area is 94.6 Å². The molecule has 0 aliphatic heterocycles. The summed E-state index contributed by atoms with van der Waals surface area (Å²) in [7, 11) is 0. The van der Waals surface area contributed by atoms with Crippen molar-refractivity contribution >= 4 is 24.0 Å². The molecule has 0 radical (unpaired) electrons. The molecule has 0 aromatic carbocycles. The van der Waals surface area contributed by atoms with Gasteiger partial charge in [-0.15, -0.1) is 0 Å². The van der Waals surface area contributed by atoms with E-state index in [2.05, 4.69) is 6.92 Å². The maximum Gasteiger partial charge on any atom is 0.318 e. The first kappa shape index (κ1) is 14.3. The van der Waals surface area contributed by atoms with Crippen LogP contribution in [-0.2, 0) is 13.8 Å². The van der Waals surface area contributed by atoms with Crippen LogP contribution in [0.2, 0.25) is 0 Å². The van der Waals surface area contributed by atoms with Gasteiger partial charge in [-0.1, -0.05) is 26.2 Å². The van der Waals surface area contributed by atoms with Crippen LogP contribution in [0.15, 0.2) is 0 Å². The van der Waals surface area contributed by atoms with Gasteiger partial charge in [0.05, 0.1) is 24.9 Å². The van der Waals surface area contributed by atoms with Crippen LogP contribution >= 0.6 is 12.0 Å². The quantitative estimate of drug-likeness (QED) is 0.491. The second kappa shape index (κ2) is 9.83. The van der Waals surface area contributed by atoms with Crippen LogP contribution in [0, 0.1) is 0 Å². The second-order valence-electron chi connectivity index (χ2n) is 3.23. The third kappa shape index (κ3) is 11.2. The van der Waals surface area contributed by atoms with Gasteiger partial charge in [-0.3, -0.25) is 9.59 Å². The fourth-order valence-electron chi connectivity index (χ4n) is 0.946. The van der Waals surface area contributed by atoms with E-state index in [4.69, 9.17) is 9.29 Å². The van der Waals surface area contributed by atoms with Crippen LogP contribution < -0.4 is 0 Å². The molecule has 0 atom stereocenters. The van der Waals surface area contributed by atoms with Gasteiger partial charge in [-0.25, -0.2) is 0 Å². The molecule has 0 heterocycles. The van der Waals surface area contributed by atoms with Crippen molar-refractivity contribution in [3.8, 4) is 0 Å². The highest BCUT2D eigenvalue weighted by molar-refractivity contribution is 7.95. The molecule has 0 aromatic rings. The fourth-order valence-corrected chi connectivity index (χ4v) is 1.57. The third-order valence-corrected chi connectivity index (χ3v) is 2.54. The summed E-state index contributed by atoms with van der Waals surface area (Å²) in [6.07, 6.45) is 4.37. The Morgan fingerprint density at radius 1 is 1.20 bits per heavy atom. The second-order valence-corrected chi connectivity index (χ2v) is 4.04. The van der Waals surface area contributed by atoms with Gasteiger partial charge in [-0.2, -0.15) is 0 Å². The lowest BCUT2D eigenvalue weighted by molar-refractivity contribution is -0.141. The van der Waals surface area contributed by atoms with E-state index in [0.717, 1.165) is 30.6 Å². The predicted molar refractivity (Wildman–Crippen MR) is 59.6 cm³/mol. The van der Waals surface area contributed by atoms with Crippen molar-refractivity contribution in [3.63, 3.8) is 0 Å². The predicted octanol–water partition coefficient (Wildman–Crippen LogP) is 2.62. The van der Waals surface area contributed by atoms with Crippen molar-refractivity contribution in [2.45, 2.75) is 45.4 Å². The number of carbonyl (C=O) groups excluding carboxylic acids is 1. The Morgan fingerprint density at radius 2 is 1.93 bits per heavy atom. The monoisotopic (exact) mass is 234 g/mol. The Bertz CT molecular complexity index is 194. The summed E-state index contributed by atoms with van der Waals surface area (Å²) in [6.45, 7) is 2.14. The number of rotatable bonds is 9. The molecular weight excluding hydrogens is 216 g/mol. The standard InChI is InChI=1S/C10H18O4S/c1-2-3-4-5-8-15-14-10(13)7-6-9(11)12/h2-8H2,1H3,(H,11,12). The van der Waals surface area contributed by atoms with E-state index in [-0.39, 0.29) is 12.8 Å². The van der Waals surface area contributed by atoms with E-state index in [1.54, 1.807) is 0 Å². The highest BCUT2D eigenvalue weighted by atomic mass is 32.2. The van der Waals surface area contributed by atoms with E-state index >= 15 is 0 Å². The third-order valence-electron chi connectivity index (χ3n) is 1.78. The number of unbranched alkanes of at least 4 members (excludes halogenated alkanes) is 3. The van der Waals surface area contributed by atoms with Gasteiger partial charge in [-0.05, 0) is 6.42 Å². The summed E-state index contributed by atoms with van der Waals surface area (Å²) in [6, 6.07) is 0. The Balaban J connectivity index is 3.20. The molecule has 0 unspecified atom stereocenters. The lowest BCUT2D eigenvalue weighted by Crippen LogP contribution is -2.04. The zero-order valence-electron chi connectivity index (χ0n) is 9.03. The van der Waals surface area contributed by atoms with Crippen LogP contribution in [0.25, 0.3) is 0 Å². The maximum absolute atomic E-state index is 10.9. The van der Waals surface area contributed by atoms with Crippen LogP contribution in [0.5, 0.6) is 0 Å². The number of carbonyl (C=O) groups is 2. The first-order valence-corrected chi connectivity index (χ1v) is 6.12. The first-order chi connectivity index (χ1) is 7.16. The smallest absolute Gasteiger partial charge is 0.318 e. The van der Waals surface area contributed by atoms with E-state index in [1.165, 1.54) is 12.8 Å². The summed E-state index contributed by atoms with van der Waals surface area (Å²) in [5, 5.41) is 8.32. The van der Waals surface area contributed by atoms with Crippen molar-refractivity contribution in [2.24, 2.45) is 0 Å². The van der Waals surface area contributed by atoms with E-state index in [9.17, 15) is 9.59 Å². The Morgan fingerprint density at radius 3 is 2.53 bits per heavy atom. The van der Waals surface area contributed by atoms with Gasteiger partial charge in [0.1, 0.15) is 0 Å². The van der Waals surface area contributed by atoms with Crippen molar-refractivity contribution in [3.05, 3.63) is 0 Å². The molecule has 0 aliphatic carbocycles. The maximum atomic E-state index is 10.9. The van der Waals surface area contributed by atoms with Crippen LogP contribution in [0.1, 0.15) is 45.4 Å². The SMILES string of the molecule is CCCCCCSOC(=O)CCC(=O)O. The van der Waals surface area contributed by atoms with Gasteiger partial charge in [0.15, 0.2) is 0 Å². The molecule has 15 heavy (non-hydrogen) atoms. The molecule has 0 spiro atoms. The number of aliphatic carboxylic acids is 1. The minimum absolute atomic E-state index is 0.0444. The number of hydrogen-bond donors (Lipinski definition) is 1. The highest BCUT2D eigenvalue weighted by Gasteiger charge is 2.06. The van der Waals surface area contributed by atoms with Crippen molar-refractivity contribution in [1.82, 2.24) is 0 Å². The van der Waals surface area contributed by atoms with E-state index in [1.807, 2.05) is 0 Å². The number of hydrogen-bond acceptors (Lipinski definition) is 4. The van der Waals surface area contributed by atoms with Crippen LogP contribution in [0.4, 0.5) is 0 Å². The van der Waals surface area contributed by atoms with Gasteiger partial charge >= 0.3 is 11.9 Å². The largest absolute Gasteiger partial charge is 0.481 e. The zero-order valence-corrected chi connectivity index (χ0v) is 9.85. The molecule has 0 aliphatic rings. The highest BCUT2D eigenvalue weighted by Crippen LogP contribution is 2.10. The zero-order chi connectivity index (χ0) is 11.5. The Hall–Kier alpha value is -0.710. The minimum atomic E-state index is -0.972. The molecule has 0 bridgehead atoms. The lowest BCUT2D eigenvalue weighted by atomic mass is 10.2. The molecule has 88 valence electrons. The molecule has 0 amide bonds. The fraction of sp³-hybridized carbons (Fsp3) is 0.800. The minimum Gasteiger partial charge on any atom is -0.481 e. The Kier molecular flexibility index (Phi) is 9.36. The normalized spacial score (nSPS) is 9.93. The molecule has 0 aromatic heterocycles. The van der Waals surface area contributed by atoms with Crippen molar-refractivity contribution < 1.29 is 18.9 Å². The van der Waals surface area contributed by atoms with E-state index in [0.29, 0.717) is 0 Å². The molecular formula is C10H18O4S. The van der Waals surface area contributed by atoms with Gasteiger partial charge in [0.2, 0.25) is 0 Å². The summed E-state index contributed by atoms with van der Waals surface area (Å²) < 4.78 is 4.79. The molecule has 0 rings (SSSR count).